The third-order valence-corrected chi connectivity index (χ3v) is 3.07. The maximum Gasteiger partial charge on any atom is 0.435 e. The van der Waals surface area contributed by atoms with Crippen LogP contribution in [0.2, 0.25) is 5.02 Å². The van der Waals surface area contributed by atoms with E-state index in [0.29, 0.717) is 4.68 Å². The average molecular weight is 362 g/mol. The molecule has 0 atom stereocenters. The van der Waals surface area contributed by atoms with E-state index >= 15 is 0 Å². The molecule has 0 aliphatic rings. The van der Waals surface area contributed by atoms with Gasteiger partial charge in [0.05, 0.1) is 22.6 Å². The first-order chi connectivity index (χ1) is 11.0. The Balaban J connectivity index is 2.45. The van der Waals surface area contributed by atoms with Crippen LogP contribution in [0.3, 0.4) is 0 Å². The fourth-order valence-electron chi connectivity index (χ4n) is 1.93. The summed E-state index contributed by atoms with van der Waals surface area (Å²) < 4.78 is 46.0. The number of nitrogens with one attached hydrogen (secondary N) is 1. The summed E-state index contributed by atoms with van der Waals surface area (Å²) in [5.41, 5.74) is -2.47. The monoisotopic (exact) mass is 361 g/mol. The highest BCUT2D eigenvalue weighted by molar-refractivity contribution is 6.32. The van der Waals surface area contributed by atoms with Gasteiger partial charge in [-0.2, -0.15) is 18.3 Å². The van der Waals surface area contributed by atoms with Crippen molar-refractivity contribution in [3.63, 3.8) is 0 Å². The molecule has 1 amide bonds. The lowest BCUT2D eigenvalue weighted by Crippen LogP contribution is -2.28. The Bertz CT molecular complexity index is 751. The number of hydrogen-bond acceptors (Lipinski definition) is 3. The summed E-state index contributed by atoms with van der Waals surface area (Å²) in [5.74, 6) is 0. The Kier molecular flexibility index (Phi) is 4.80. The van der Waals surface area contributed by atoms with Crippen molar-refractivity contribution in [1.29, 1.82) is 0 Å². The standard InChI is InChI=1S/C15H15ClF3N3O2/c1-14(2,3)24-13(23)21-10-8-20-22(12(10)15(17,18)19)11-7-5-4-6-9(11)16/h4-8H,1-3H3,(H,21,23). The summed E-state index contributed by atoms with van der Waals surface area (Å²) in [6, 6.07) is 5.95. The second-order valence-electron chi connectivity index (χ2n) is 5.89. The Morgan fingerprint density at radius 3 is 2.42 bits per heavy atom. The zero-order valence-corrected chi connectivity index (χ0v) is 13.9. The molecular formula is C15H15ClF3N3O2. The molecule has 0 saturated heterocycles. The smallest absolute Gasteiger partial charge is 0.435 e. The molecule has 9 heteroatoms. The number of para-hydroxylation sites is 1. The van der Waals surface area contributed by atoms with Gasteiger partial charge in [0.25, 0.3) is 0 Å². The Labute approximate surface area is 141 Å². The van der Waals surface area contributed by atoms with Gasteiger partial charge in [-0.15, -0.1) is 0 Å². The van der Waals surface area contributed by atoms with Gasteiger partial charge < -0.3 is 4.74 Å². The van der Waals surface area contributed by atoms with Crippen molar-refractivity contribution in [2.24, 2.45) is 0 Å². The zero-order valence-electron chi connectivity index (χ0n) is 13.1. The molecule has 1 N–H and O–H groups in total. The molecule has 0 unspecified atom stereocenters. The molecule has 5 nitrogen and oxygen atoms in total. The van der Waals surface area contributed by atoms with E-state index in [9.17, 15) is 18.0 Å². The van der Waals surface area contributed by atoms with Crippen LogP contribution in [0.15, 0.2) is 30.5 Å². The van der Waals surface area contributed by atoms with Crippen molar-refractivity contribution in [2.75, 3.05) is 5.32 Å². The first-order valence-corrected chi connectivity index (χ1v) is 7.27. The minimum Gasteiger partial charge on any atom is -0.444 e. The van der Waals surface area contributed by atoms with E-state index in [1.54, 1.807) is 26.8 Å². The van der Waals surface area contributed by atoms with Gasteiger partial charge in [0.1, 0.15) is 5.60 Å². The molecule has 24 heavy (non-hydrogen) atoms. The highest BCUT2D eigenvalue weighted by Gasteiger charge is 2.40. The maximum absolute atomic E-state index is 13.5. The van der Waals surface area contributed by atoms with Gasteiger partial charge in [-0.1, -0.05) is 23.7 Å². The summed E-state index contributed by atoms with van der Waals surface area (Å²) in [5, 5.41) is 5.87. The lowest BCUT2D eigenvalue weighted by molar-refractivity contribution is -0.142. The molecule has 0 aliphatic carbocycles. The van der Waals surface area contributed by atoms with Gasteiger partial charge >= 0.3 is 12.3 Å². The molecule has 1 heterocycles. The first kappa shape index (κ1) is 18.1. The molecular weight excluding hydrogens is 347 g/mol. The van der Waals surface area contributed by atoms with E-state index in [0.717, 1.165) is 6.20 Å². The lowest BCUT2D eigenvalue weighted by atomic mass is 10.2. The molecule has 2 aromatic rings. The highest BCUT2D eigenvalue weighted by atomic mass is 35.5. The van der Waals surface area contributed by atoms with Gasteiger partial charge in [0, 0.05) is 0 Å². The van der Waals surface area contributed by atoms with Crippen LogP contribution in [-0.2, 0) is 10.9 Å². The Morgan fingerprint density at radius 2 is 1.88 bits per heavy atom. The number of aromatic nitrogens is 2. The van der Waals surface area contributed by atoms with Gasteiger partial charge in [-0.25, -0.2) is 9.48 Å². The molecule has 130 valence electrons. The third kappa shape index (κ3) is 4.19. The minimum atomic E-state index is -4.76. The van der Waals surface area contributed by atoms with Crippen LogP contribution in [0.1, 0.15) is 26.5 Å². The summed E-state index contributed by atoms with van der Waals surface area (Å²) in [7, 11) is 0. The van der Waals surface area contributed by atoms with Crippen LogP contribution in [-0.4, -0.2) is 21.5 Å². The Hall–Kier alpha value is -2.22. The molecule has 0 fully saturated rings. The largest absolute Gasteiger partial charge is 0.444 e. The summed E-state index contributed by atoms with van der Waals surface area (Å²) in [6.45, 7) is 4.80. The van der Waals surface area contributed by atoms with Crippen molar-refractivity contribution in [1.82, 2.24) is 9.78 Å². The van der Waals surface area contributed by atoms with Crippen LogP contribution >= 0.6 is 11.6 Å². The molecule has 0 saturated carbocycles. The van der Waals surface area contributed by atoms with Crippen molar-refractivity contribution in [3.8, 4) is 5.69 Å². The third-order valence-electron chi connectivity index (χ3n) is 2.75. The van der Waals surface area contributed by atoms with E-state index in [2.05, 4.69) is 10.4 Å². The van der Waals surface area contributed by atoms with E-state index < -0.39 is 29.3 Å². The number of anilines is 1. The van der Waals surface area contributed by atoms with Crippen molar-refractivity contribution < 1.29 is 22.7 Å². The number of ether oxygens (including phenoxy) is 1. The van der Waals surface area contributed by atoms with E-state index in [1.807, 2.05) is 0 Å². The number of amides is 1. The van der Waals surface area contributed by atoms with Crippen LogP contribution in [0, 0.1) is 0 Å². The molecule has 1 aromatic heterocycles. The summed E-state index contributed by atoms with van der Waals surface area (Å²) in [6.07, 6.45) is -4.87. The SMILES string of the molecule is CC(C)(C)OC(=O)Nc1cnn(-c2ccccc2Cl)c1C(F)(F)F. The number of alkyl halides is 3. The van der Waals surface area contributed by atoms with Crippen LogP contribution in [0.4, 0.5) is 23.7 Å². The van der Waals surface area contributed by atoms with Crippen LogP contribution < -0.4 is 5.32 Å². The van der Waals surface area contributed by atoms with Crippen molar-refractivity contribution in [2.45, 2.75) is 32.5 Å². The fraction of sp³-hybridized carbons (Fsp3) is 0.333. The van der Waals surface area contributed by atoms with E-state index in [1.165, 1.54) is 18.2 Å². The lowest BCUT2D eigenvalue weighted by Gasteiger charge is -2.20. The fourth-order valence-corrected chi connectivity index (χ4v) is 2.15. The molecule has 0 aliphatic heterocycles. The van der Waals surface area contributed by atoms with Gasteiger partial charge in [0.15, 0.2) is 5.69 Å². The quantitative estimate of drug-likeness (QED) is 0.828. The number of rotatable bonds is 2. The van der Waals surface area contributed by atoms with Crippen LogP contribution in [0.5, 0.6) is 0 Å². The second kappa shape index (κ2) is 6.35. The molecule has 0 radical (unpaired) electrons. The number of nitrogens with zero attached hydrogens (tertiary/aromatic N) is 2. The average Bonchev–Trinajstić information content (AvgIpc) is 2.80. The first-order valence-electron chi connectivity index (χ1n) is 6.89. The van der Waals surface area contributed by atoms with Gasteiger partial charge in [0.2, 0.25) is 0 Å². The second-order valence-corrected chi connectivity index (χ2v) is 6.30. The van der Waals surface area contributed by atoms with Crippen LogP contribution in [0.25, 0.3) is 5.69 Å². The molecule has 2 rings (SSSR count). The topological polar surface area (TPSA) is 56.1 Å². The predicted molar refractivity (Wildman–Crippen MR) is 83.4 cm³/mol. The maximum atomic E-state index is 13.5. The Morgan fingerprint density at radius 1 is 1.25 bits per heavy atom. The molecule has 1 aromatic carbocycles. The number of hydrogen-bond donors (Lipinski definition) is 1. The number of benzene rings is 1. The molecule has 0 bridgehead atoms. The van der Waals surface area contributed by atoms with Gasteiger partial charge in [-0.05, 0) is 32.9 Å². The zero-order chi connectivity index (χ0) is 18.1. The van der Waals surface area contributed by atoms with E-state index in [4.69, 9.17) is 16.3 Å². The van der Waals surface area contributed by atoms with Crippen molar-refractivity contribution >= 4 is 23.4 Å². The number of carbonyl (C=O) groups excluding carboxylic acids is 1. The summed E-state index contributed by atoms with van der Waals surface area (Å²) in [4.78, 5) is 11.8. The van der Waals surface area contributed by atoms with Crippen molar-refractivity contribution in [3.05, 3.63) is 41.2 Å². The molecule has 0 spiro atoms. The predicted octanol–water partition coefficient (Wildman–Crippen LogP) is 4.89. The minimum absolute atomic E-state index is 0.0451. The number of halogens is 4. The normalized spacial score (nSPS) is 12.1. The van der Waals surface area contributed by atoms with Gasteiger partial charge in [-0.3, -0.25) is 5.32 Å². The summed E-state index contributed by atoms with van der Waals surface area (Å²) >= 11 is 5.94. The number of carbonyl (C=O) groups is 1. The van der Waals surface area contributed by atoms with E-state index in [-0.39, 0.29) is 10.7 Å². The highest BCUT2D eigenvalue weighted by Crippen LogP contribution is 2.37.